The van der Waals surface area contributed by atoms with Crippen molar-refractivity contribution in [2.45, 2.75) is 97.7 Å². The predicted molar refractivity (Wildman–Crippen MR) is 190 cm³/mol. The van der Waals surface area contributed by atoms with Crippen LogP contribution >= 0.6 is 0 Å². The molecule has 1 aliphatic rings. The summed E-state index contributed by atoms with van der Waals surface area (Å²) in [7, 11) is 1.43. The number of nitrogens with zero attached hydrogens (tertiary/aromatic N) is 1. The normalized spacial score (nSPS) is 17.8. The van der Waals surface area contributed by atoms with Gasteiger partial charge in [-0.1, -0.05) is 95.3 Å². The lowest BCUT2D eigenvalue weighted by atomic mass is 9.83. The third kappa shape index (κ3) is 12.2. The van der Waals surface area contributed by atoms with Gasteiger partial charge in [-0.05, 0) is 41.7 Å². The van der Waals surface area contributed by atoms with Gasteiger partial charge in [-0.2, -0.15) is 0 Å². The summed E-state index contributed by atoms with van der Waals surface area (Å²) >= 11 is 0. The van der Waals surface area contributed by atoms with E-state index in [1.807, 2.05) is 38.1 Å². The molecule has 2 aromatic rings. The fraction of sp³-hybridized carbons (Fsp3) is 0.526. The van der Waals surface area contributed by atoms with E-state index in [2.05, 4.69) is 16.0 Å². The summed E-state index contributed by atoms with van der Waals surface area (Å²) in [6.45, 7) is 9.21. The van der Waals surface area contributed by atoms with Crippen LogP contribution < -0.4 is 21.7 Å². The van der Waals surface area contributed by atoms with E-state index in [0.29, 0.717) is 18.4 Å². The number of benzene rings is 2. The van der Waals surface area contributed by atoms with E-state index in [0.717, 1.165) is 5.56 Å². The van der Waals surface area contributed by atoms with Crippen LogP contribution in [0.3, 0.4) is 0 Å². The molecule has 278 valence electrons. The zero-order valence-corrected chi connectivity index (χ0v) is 30.5. The number of piperidine rings is 1. The van der Waals surface area contributed by atoms with E-state index in [9.17, 15) is 28.8 Å². The second-order valence-electron chi connectivity index (χ2n) is 14.4. The first-order valence-corrected chi connectivity index (χ1v) is 17.4. The molecule has 1 fully saturated rings. The van der Waals surface area contributed by atoms with Gasteiger partial charge in [0.15, 0.2) is 0 Å². The standard InChI is InChI=1S/C38H53N5O8/c1-24(2)20-29(37(49)51-23-26-16-11-8-12-17-26)42-34(46)28(21-30(44)50-22-25-14-9-7-10-15-25)41-35(47)31-27(33(45)40-6)18-13-19-43(31)36(48)32(39)38(3,4)5/h7-12,14-17,24,27-29,31-32H,13,18-23,39H2,1-6H3,(H,40,45)(H,41,47)(H,42,46)/t27-,28+,29+,31+,32-/m1/s1. The van der Waals surface area contributed by atoms with Crippen molar-refractivity contribution in [3.8, 4) is 0 Å². The zero-order chi connectivity index (χ0) is 37.7. The number of ether oxygens (including phenoxy) is 2. The molecule has 0 aromatic heterocycles. The quantitative estimate of drug-likeness (QED) is 0.202. The first-order chi connectivity index (χ1) is 24.1. The Morgan fingerprint density at radius 3 is 1.94 bits per heavy atom. The van der Waals surface area contributed by atoms with E-state index in [-0.39, 0.29) is 32.1 Å². The molecule has 2 aromatic carbocycles. The summed E-state index contributed by atoms with van der Waals surface area (Å²) in [6.07, 6.45) is 0.367. The lowest BCUT2D eigenvalue weighted by molar-refractivity contribution is -0.153. The number of carbonyl (C=O) groups excluding carboxylic acids is 6. The number of hydrogen-bond donors (Lipinski definition) is 4. The third-order valence-corrected chi connectivity index (χ3v) is 8.74. The van der Waals surface area contributed by atoms with Crippen molar-refractivity contribution in [1.82, 2.24) is 20.9 Å². The minimum Gasteiger partial charge on any atom is -0.461 e. The van der Waals surface area contributed by atoms with Crippen molar-refractivity contribution in [1.29, 1.82) is 0 Å². The minimum atomic E-state index is -1.53. The zero-order valence-electron chi connectivity index (χ0n) is 30.5. The molecule has 13 heteroatoms. The van der Waals surface area contributed by atoms with Crippen molar-refractivity contribution in [3.05, 3.63) is 71.8 Å². The van der Waals surface area contributed by atoms with Crippen LogP contribution in [0.2, 0.25) is 0 Å². The monoisotopic (exact) mass is 707 g/mol. The van der Waals surface area contributed by atoms with E-state index in [1.165, 1.54) is 11.9 Å². The molecule has 13 nitrogen and oxygen atoms in total. The Kier molecular flexibility index (Phi) is 15.1. The molecule has 0 unspecified atom stereocenters. The number of nitrogens with one attached hydrogen (secondary N) is 3. The maximum atomic E-state index is 14.2. The molecule has 0 saturated carbocycles. The lowest BCUT2D eigenvalue weighted by Gasteiger charge is -2.42. The lowest BCUT2D eigenvalue weighted by Crippen LogP contribution is -2.64. The van der Waals surface area contributed by atoms with E-state index in [4.69, 9.17) is 15.2 Å². The maximum absolute atomic E-state index is 14.2. The van der Waals surface area contributed by atoms with Crippen molar-refractivity contribution < 1.29 is 38.2 Å². The summed E-state index contributed by atoms with van der Waals surface area (Å²) in [5, 5.41) is 7.86. The van der Waals surface area contributed by atoms with E-state index < -0.39 is 77.5 Å². The summed E-state index contributed by atoms with van der Waals surface area (Å²) in [4.78, 5) is 82.6. The first kappa shape index (κ1) is 40.6. The number of hydrogen-bond acceptors (Lipinski definition) is 9. The van der Waals surface area contributed by atoms with Crippen LogP contribution in [0.4, 0.5) is 0 Å². The van der Waals surface area contributed by atoms with Gasteiger partial charge in [-0.3, -0.25) is 24.0 Å². The molecule has 0 spiro atoms. The Morgan fingerprint density at radius 1 is 0.843 bits per heavy atom. The predicted octanol–water partition coefficient (Wildman–Crippen LogP) is 2.61. The second-order valence-corrected chi connectivity index (χ2v) is 14.4. The Morgan fingerprint density at radius 2 is 1.41 bits per heavy atom. The SMILES string of the molecule is CNC(=O)[C@@H]1CCCN(C(=O)[C@@H](N)C(C)(C)C)[C@@H]1C(=O)N[C@@H](CC(=O)OCc1ccccc1)C(=O)N[C@@H](CC(C)C)C(=O)OCc1ccccc1. The topological polar surface area (TPSA) is 186 Å². The molecule has 4 amide bonds. The number of likely N-dealkylation sites (tertiary alicyclic amines) is 1. The Bertz CT molecular complexity index is 1490. The second kappa shape index (κ2) is 19.0. The van der Waals surface area contributed by atoms with Crippen LogP contribution in [-0.2, 0) is 51.5 Å². The van der Waals surface area contributed by atoms with Gasteiger partial charge in [0.1, 0.15) is 31.3 Å². The Balaban J connectivity index is 1.90. The highest BCUT2D eigenvalue weighted by Crippen LogP contribution is 2.28. The molecule has 5 atom stereocenters. The fourth-order valence-corrected chi connectivity index (χ4v) is 5.79. The minimum absolute atomic E-state index is 0.0146. The summed E-state index contributed by atoms with van der Waals surface area (Å²) < 4.78 is 11.0. The Hall–Kier alpha value is -4.78. The van der Waals surface area contributed by atoms with Crippen molar-refractivity contribution in [2.24, 2.45) is 23.0 Å². The molecular formula is C38H53N5O8. The number of amides is 4. The van der Waals surface area contributed by atoms with Crippen molar-refractivity contribution >= 4 is 35.6 Å². The van der Waals surface area contributed by atoms with Crippen molar-refractivity contribution in [3.63, 3.8) is 0 Å². The number of rotatable bonds is 15. The first-order valence-electron chi connectivity index (χ1n) is 17.4. The van der Waals surface area contributed by atoms with Gasteiger partial charge < -0.3 is 36.1 Å². The highest BCUT2D eigenvalue weighted by Gasteiger charge is 2.46. The van der Waals surface area contributed by atoms with Crippen LogP contribution in [0, 0.1) is 17.3 Å². The highest BCUT2D eigenvalue weighted by atomic mass is 16.5. The van der Waals surface area contributed by atoms with Crippen molar-refractivity contribution in [2.75, 3.05) is 13.6 Å². The molecule has 1 saturated heterocycles. The number of carbonyl (C=O) groups is 6. The fourth-order valence-electron chi connectivity index (χ4n) is 5.79. The van der Waals surface area contributed by atoms with Gasteiger partial charge >= 0.3 is 11.9 Å². The maximum Gasteiger partial charge on any atom is 0.328 e. The summed E-state index contributed by atoms with van der Waals surface area (Å²) in [5.41, 5.74) is 7.16. The smallest absolute Gasteiger partial charge is 0.328 e. The van der Waals surface area contributed by atoms with Gasteiger partial charge in [0, 0.05) is 13.6 Å². The van der Waals surface area contributed by atoms with Crippen LogP contribution in [0.25, 0.3) is 0 Å². The number of nitrogens with two attached hydrogens (primary N) is 1. The summed E-state index contributed by atoms with van der Waals surface area (Å²) in [5.74, 6) is -5.09. The molecule has 3 rings (SSSR count). The average molecular weight is 708 g/mol. The molecule has 0 aliphatic carbocycles. The molecule has 0 radical (unpaired) electrons. The van der Waals surface area contributed by atoms with E-state index in [1.54, 1.807) is 57.2 Å². The molecule has 1 aliphatic heterocycles. The average Bonchev–Trinajstić information content (AvgIpc) is 3.11. The molecular weight excluding hydrogens is 654 g/mol. The van der Waals surface area contributed by atoms with E-state index >= 15 is 0 Å². The molecule has 5 N–H and O–H groups in total. The van der Waals surface area contributed by atoms with Gasteiger partial charge in [-0.15, -0.1) is 0 Å². The number of esters is 2. The van der Waals surface area contributed by atoms with Gasteiger partial charge in [0.2, 0.25) is 23.6 Å². The van der Waals surface area contributed by atoms with Crippen LogP contribution in [0.5, 0.6) is 0 Å². The molecule has 51 heavy (non-hydrogen) atoms. The Labute approximate surface area is 300 Å². The van der Waals surface area contributed by atoms with Crippen LogP contribution in [0.15, 0.2) is 60.7 Å². The molecule has 0 bridgehead atoms. The van der Waals surface area contributed by atoms with Gasteiger partial charge in [-0.25, -0.2) is 4.79 Å². The largest absolute Gasteiger partial charge is 0.461 e. The molecule has 1 heterocycles. The van der Waals surface area contributed by atoms with Gasteiger partial charge in [0.25, 0.3) is 0 Å². The summed E-state index contributed by atoms with van der Waals surface area (Å²) in [6, 6.07) is 13.1. The highest BCUT2D eigenvalue weighted by molar-refractivity contribution is 5.98. The van der Waals surface area contributed by atoms with Crippen LogP contribution in [0.1, 0.15) is 71.4 Å². The van der Waals surface area contributed by atoms with Gasteiger partial charge in [0.05, 0.1) is 18.4 Å². The van der Waals surface area contributed by atoms with Crippen LogP contribution in [-0.4, -0.2) is 78.2 Å². The third-order valence-electron chi connectivity index (χ3n) is 8.74.